The average molecular weight is 268 g/mol. The molecule has 2 rings (SSSR count). The Balaban J connectivity index is 2.02. The smallest absolute Gasteiger partial charge is 0.132 e. The van der Waals surface area contributed by atoms with E-state index in [0.29, 0.717) is 5.75 Å². The van der Waals surface area contributed by atoms with Crippen LogP contribution in [0.5, 0.6) is 0 Å². The number of aliphatic hydroxyl groups excluding tert-OH is 1. The molecule has 0 unspecified atom stereocenters. The standard InChI is InChI=1S/C12H20N4OS/c1-10-13-11(9-18)8-12(14-10)16-4-2-15(3-5-16)6-7-17/h8,17-18H,2-7,9H2,1H3. The summed E-state index contributed by atoms with van der Waals surface area (Å²) in [4.78, 5) is 13.4. The molecule has 0 bridgehead atoms. The number of nitrogens with zero attached hydrogens (tertiary/aromatic N) is 4. The van der Waals surface area contributed by atoms with Crippen molar-refractivity contribution in [3.05, 3.63) is 17.6 Å². The lowest BCUT2D eigenvalue weighted by molar-refractivity contribution is 0.188. The second-order valence-corrected chi connectivity index (χ2v) is 4.79. The van der Waals surface area contributed by atoms with E-state index in [1.807, 2.05) is 13.0 Å². The number of aliphatic hydroxyl groups is 1. The molecule has 6 heteroatoms. The maximum absolute atomic E-state index is 8.92. The Morgan fingerprint density at radius 2 is 2.00 bits per heavy atom. The van der Waals surface area contributed by atoms with Gasteiger partial charge in [0.15, 0.2) is 0 Å². The zero-order chi connectivity index (χ0) is 13.0. The zero-order valence-corrected chi connectivity index (χ0v) is 11.6. The third-order valence-corrected chi connectivity index (χ3v) is 3.48. The SMILES string of the molecule is Cc1nc(CS)cc(N2CCN(CCO)CC2)n1. The van der Waals surface area contributed by atoms with Crippen molar-refractivity contribution in [3.8, 4) is 0 Å². The Kier molecular flexibility index (Phi) is 4.79. The topological polar surface area (TPSA) is 52.5 Å². The first kappa shape index (κ1) is 13.6. The van der Waals surface area contributed by atoms with Crippen LogP contribution < -0.4 is 4.90 Å². The summed E-state index contributed by atoms with van der Waals surface area (Å²) in [5, 5.41) is 8.92. The van der Waals surface area contributed by atoms with Gasteiger partial charge in [-0.2, -0.15) is 12.6 Å². The molecule has 0 atom stereocenters. The number of hydrogen-bond acceptors (Lipinski definition) is 6. The third-order valence-electron chi connectivity index (χ3n) is 3.15. The van der Waals surface area contributed by atoms with E-state index in [0.717, 1.165) is 50.1 Å². The summed E-state index contributed by atoms with van der Waals surface area (Å²) in [6.07, 6.45) is 0. The minimum atomic E-state index is 0.233. The maximum atomic E-state index is 8.92. The molecule has 1 aromatic rings. The summed E-state index contributed by atoms with van der Waals surface area (Å²) >= 11 is 4.27. The molecule has 0 saturated carbocycles. The van der Waals surface area contributed by atoms with E-state index in [1.165, 1.54) is 0 Å². The van der Waals surface area contributed by atoms with Gasteiger partial charge < -0.3 is 10.0 Å². The Bertz CT molecular complexity index is 394. The normalized spacial score (nSPS) is 17.2. The fourth-order valence-electron chi connectivity index (χ4n) is 2.20. The zero-order valence-electron chi connectivity index (χ0n) is 10.7. The summed E-state index contributed by atoms with van der Waals surface area (Å²) in [6, 6.07) is 2.02. The molecule has 0 amide bonds. The van der Waals surface area contributed by atoms with Gasteiger partial charge in [0.05, 0.1) is 12.3 Å². The van der Waals surface area contributed by atoms with Gasteiger partial charge >= 0.3 is 0 Å². The highest BCUT2D eigenvalue weighted by atomic mass is 32.1. The van der Waals surface area contributed by atoms with Crippen molar-refractivity contribution in [1.29, 1.82) is 0 Å². The summed E-state index contributed by atoms with van der Waals surface area (Å²) in [5.41, 5.74) is 0.971. The molecule has 1 N–H and O–H groups in total. The Hall–Kier alpha value is -0.850. The van der Waals surface area contributed by atoms with Gasteiger partial charge in [-0.1, -0.05) is 0 Å². The number of aryl methyl sites for hydroxylation is 1. The lowest BCUT2D eigenvalue weighted by Gasteiger charge is -2.35. The molecule has 0 spiro atoms. The van der Waals surface area contributed by atoms with Crippen molar-refractivity contribution in [1.82, 2.24) is 14.9 Å². The molecule has 5 nitrogen and oxygen atoms in total. The second kappa shape index (κ2) is 6.36. The molecule has 0 aromatic carbocycles. The molecule has 18 heavy (non-hydrogen) atoms. The van der Waals surface area contributed by atoms with Gasteiger partial charge in [-0.25, -0.2) is 9.97 Å². The highest BCUT2D eigenvalue weighted by molar-refractivity contribution is 7.79. The van der Waals surface area contributed by atoms with Gasteiger partial charge in [-0.3, -0.25) is 4.90 Å². The van der Waals surface area contributed by atoms with Crippen molar-refractivity contribution in [2.24, 2.45) is 0 Å². The number of anilines is 1. The van der Waals surface area contributed by atoms with Crippen LogP contribution >= 0.6 is 12.6 Å². The lowest BCUT2D eigenvalue weighted by atomic mass is 10.3. The number of aromatic nitrogens is 2. The summed E-state index contributed by atoms with van der Waals surface area (Å²) in [5.74, 6) is 2.44. The van der Waals surface area contributed by atoms with Crippen molar-refractivity contribution in [3.63, 3.8) is 0 Å². The fourth-order valence-corrected chi connectivity index (χ4v) is 2.36. The minimum absolute atomic E-state index is 0.233. The largest absolute Gasteiger partial charge is 0.395 e. The van der Waals surface area contributed by atoms with Crippen LogP contribution in [0.4, 0.5) is 5.82 Å². The highest BCUT2D eigenvalue weighted by Gasteiger charge is 2.18. The first-order valence-electron chi connectivity index (χ1n) is 6.26. The van der Waals surface area contributed by atoms with Crippen molar-refractivity contribution >= 4 is 18.4 Å². The Labute approximate surface area is 113 Å². The lowest BCUT2D eigenvalue weighted by Crippen LogP contribution is -2.47. The molecule has 1 saturated heterocycles. The molecule has 100 valence electrons. The highest BCUT2D eigenvalue weighted by Crippen LogP contribution is 2.16. The van der Waals surface area contributed by atoms with E-state index >= 15 is 0 Å². The van der Waals surface area contributed by atoms with E-state index < -0.39 is 0 Å². The number of hydrogen-bond donors (Lipinski definition) is 2. The van der Waals surface area contributed by atoms with Crippen LogP contribution in [0.2, 0.25) is 0 Å². The van der Waals surface area contributed by atoms with E-state index in [4.69, 9.17) is 5.11 Å². The predicted octanol–water partition coefficient (Wildman–Crippen LogP) is 0.329. The van der Waals surface area contributed by atoms with Gasteiger partial charge in [0.2, 0.25) is 0 Å². The van der Waals surface area contributed by atoms with Crippen LogP contribution in [0.3, 0.4) is 0 Å². The van der Waals surface area contributed by atoms with Gasteiger partial charge in [0.25, 0.3) is 0 Å². The predicted molar refractivity (Wildman–Crippen MR) is 75.2 cm³/mol. The van der Waals surface area contributed by atoms with E-state index in [9.17, 15) is 0 Å². The van der Waals surface area contributed by atoms with Gasteiger partial charge in [-0.05, 0) is 6.92 Å². The maximum Gasteiger partial charge on any atom is 0.132 e. The van der Waals surface area contributed by atoms with Crippen LogP contribution in [0.15, 0.2) is 6.07 Å². The second-order valence-electron chi connectivity index (χ2n) is 4.48. The summed E-state index contributed by atoms with van der Waals surface area (Å²) < 4.78 is 0. The number of β-amino-alcohol motifs (C(OH)–C–C–N with tert-alkyl or cyclic N) is 1. The van der Waals surface area contributed by atoms with Gasteiger partial charge in [-0.15, -0.1) is 0 Å². The van der Waals surface area contributed by atoms with Crippen molar-refractivity contribution < 1.29 is 5.11 Å². The molecule has 2 heterocycles. The van der Waals surface area contributed by atoms with Crippen LogP contribution in [0.25, 0.3) is 0 Å². The van der Waals surface area contributed by atoms with Crippen LogP contribution in [0, 0.1) is 6.92 Å². The molecule has 1 fully saturated rings. The molecular formula is C12H20N4OS. The first-order chi connectivity index (χ1) is 8.72. The molecule has 0 radical (unpaired) electrons. The molecule has 1 aliphatic heterocycles. The first-order valence-corrected chi connectivity index (χ1v) is 6.89. The van der Waals surface area contributed by atoms with Crippen LogP contribution in [0.1, 0.15) is 11.5 Å². The van der Waals surface area contributed by atoms with Crippen molar-refractivity contribution in [2.45, 2.75) is 12.7 Å². The number of rotatable bonds is 4. The summed E-state index contributed by atoms with van der Waals surface area (Å²) in [6.45, 7) is 6.75. The van der Waals surface area contributed by atoms with Gasteiger partial charge in [0.1, 0.15) is 11.6 Å². The van der Waals surface area contributed by atoms with Gasteiger partial charge in [0, 0.05) is 44.5 Å². The van der Waals surface area contributed by atoms with Crippen molar-refractivity contribution in [2.75, 3.05) is 44.2 Å². The van der Waals surface area contributed by atoms with E-state index in [1.54, 1.807) is 0 Å². The van der Waals surface area contributed by atoms with E-state index in [2.05, 4.69) is 32.4 Å². The fraction of sp³-hybridized carbons (Fsp3) is 0.667. The van der Waals surface area contributed by atoms with Crippen LogP contribution in [-0.4, -0.2) is 59.3 Å². The Morgan fingerprint density at radius 3 is 2.61 bits per heavy atom. The molecular weight excluding hydrogens is 248 g/mol. The number of thiol groups is 1. The molecule has 1 aliphatic rings. The molecule has 0 aliphatic carbocycles. The monoisotopic (exact) mass is 268 g/mol. The van der Waals surface area contributed by atoms with E-state index in [-0.39, 0.29) is 6.61 Å². The average Bonchev–Trinajstić information content (AvgIpc) is 2.39. The number of piperazine rings is 1. The minimum Gasteiger partial charge on any atom is -0.395 e. The summed E-state index contributed by atoms with van der Waals surface area (Å²) in [7, 11) is 0. The Morgan fingerprint density at radius 1 is 1.28 bits per heavy atom. The third kappa shape index (κ3) is 3.34. The molecule has 1 aromatic heterocycles. The quantitative estimate of drug-likeness (QED) is 0.771. The van der Waals surface area contributed by atoms with Crippen LogP contribution in [-0.2, 0) is 5.75 Å².